The van der Waals surface area contributed by atoms with Crippen molar-refractivity contribution in [1.82, 2.24) is 20.4 Å². The molecule has 108 valence electrons. The molecule has 1 atom stereocenters. The zero-order chi connectivity index (χ0) is 13.7. The molecule has 2 rings (SSSR count). The SMILES string of the molecule is CNCC1CCCN(Cc2noc(CC(C)C)n2)C1. The van der Waals surface area contributed by atoms with E-state index in [9.17, 15) is 0 Å². The molecular weight excluding hydrogens is 240 g/mol. The highest BCUT2D eigenvalue weighted by Crippen LogP contribution is 2.17. The number of piperidine rings is 1. The lowest BCUT2D eigenvalue weighted by atomic mass is 9.98. The second-order valence-corrected chi connectivity index (χ2v) is 6.00. The van der Waals surface area contributed by atoms with Gasteiger partial charge in [-0.05, 0) is 44.8 Å². The van der Waals surface area contributed by atoms with Gasteiger partial charge in [0.2, 0.25) is 5.89 Å². The van der Waals surface area contributed by atoms with Gasteiger partial charge in [0.1, 0.15) is 0 Å². The lowest BCUT2D eigenvalue weighted by Crippen LogP contribution is -2.38. The number of nitrogens with one attached hydrogen (secondary N) is 1. The highest BCUT2D eigenvalue weighted by atomic mass is 16.5. The first-order chi connectivity index (χ1) is 9.17. The molecule has 1 N–H and O–H groups in total. The summed E-state index contributed by atoms with van der Waals surface area (Å²) in [5.74, 6) is 2.92. The molecule has 1 saturated heterocycles. The molecular formula is C14H26N4O. The van der Waals surface area contributed by atoms with Crippen LogP contribution in [0.3, 0.4) is 0 Å². The van der Waals surface area contributed by atoms with E-state index in [-0.39, 0.29) is 0 Å². The predicted molar refractivity (Wildman–Crippen MR) is 74.8 cm³/mol. The van der Waals surface area contributed by atoms with Crippen molar-refractivity contribution >= 4 is 0 Å². The molecule has 0 aliphatic carbocycles. The number of hydrogen-bond acceptors (Lipinski definition) is 5. The van der Waals surface area contributed by atoms with E-state index in [4.69, 9.17) is 4.52 Å². The van der Waals surface area contributed by atoms with E-state index in [2.05, 4.69) is 34.2 Å². The maximum Gasteiger partial charge on any atom is 0.226 e. The van der Waals surface area contributed by atoms with Gasteiger partial charge in [-0.1, -0.05) is 19.0 Å². The second-order valence-electron chi connectivity index (χ2n) is 6.00. The minimum absolute atomic E-state index is 0.559. The third-order valence-electron chi connectivity index (χ3n) is 3.55. The van der Waals surface area contributed by atoms with E-state index in [1.54, 1.807) is 0 Å². The Hall–Kier alpha value is -0.940. The monoisotopic (exact) mass is 266 g/mol. The van der Waals surface area contributed by atoms with Crippen molar-refractivity contribution < 1.29 is 4.52 Å². The van der Waals surface area contributed by atoms with Crippen LogP contribution in [-0.2, 0) is 13.0 Å². The van der Waals surface area contributed by atoms with E-state index in [0.29, 0.717) is 5.92 Å². The van der Waals surface area contributed by atoms with Crippen LogP contribution in [0.1, 0.15) is 38.4 Å². The van der Waals surface area contributed by atoms with Crippen LogP contribution in [0, 0.1) is 11.8 Å². The Labute approximate surface area is 115 Å². The highest BCUT2D eigenvalue weighted by Gasteiger charge is 2.21. The van der Waals surface area contributed by atoms with Crippen molar-refractivity contribution in [3.8, 4) is 0 Å². The first kappa shape index (κ1) is 14.5. The van der Waals surface area contributed by atoms with Crippen molar-refractivity contribution in [2.45, 2.75) is 39.7 Å². The molecule has 1 aliphatic rings. The van der Waals surface area contributed by atoms with Crippen molar-refractivity contribution in [2.24, 2.45) is 11.8 Å². The molecule has 0 radical (unpaired) electrons. The first-order valence-electron chi connectivity index (χ1n) is 7.35. The molecule has 1 fully saturated rings. The van der Waals surface area contributed by atoms with Crippen LogP contribution in [0.5, 0.6) is 0 Å². The van der Waals surface area contributed by atoms with E-state index in [0.717, 1.165) is 50.2 Å². The van der Waals surface area contributed by atoms with Gasteiger partial charge in [-0.15, -0.1) is 0 Å². The molecule has 1 aromatic rings. The summed E-state index contributed by atoms with van der Waals surface area (Å²) >= 11 is 0. The molecule has 1 unspecified atom stereocenters. The highest BCUT2D eigenvalue weighted by molar-refractivity contribution is 4.88. The summed E-state index contributed by atoms with van der Waals surface area (Å²) in [6, 6.07) is 0. The standard InChI is InChI=1S/C14H26N4O/c1-11(2)7-14-16-13(17-19-14)10-18-6-4-5-12(9-18)8-15-3/h11-12,15H,4-10H2,1-3H3. The third-order valence-corrected chi connectivity index (χ3v) is 3.55. The Morgan fingerprint density at radius 1 is 1.47 bits per heavy atom. The van der Waals surface area contributed by atoms with Crippen molar-refractivity contribution in [3.63, 3.8) is 0 Å². The average Bonchev–Trinajstić information content (AvgIpc) is 2.76. The maximum atomic E-state index is 5.29. The zero-order valence-electron chi connectivity index (χ0n) is 12.4. The number of likely N-dealkylation sites (tertiary alicyclic amines) is 1. The van der Waals surface area contributed by atoms with Gasteiger partial charge in [0.25, 0.3) is 0 Å². The van der Waals surface area contributed by atoms with Crippen LogP contribution in [0.15, 0.2) is 4.52 Å². The zero-order valence-corrected chi connectivity index (χ0v) is 12.4. The summed E-state index contributed by atoms with van der Waals surface area (Å²) < 4.78 is 5.29. The van der Waals surface area contributed by atoms with Crippen LogP contribution in [-0.4, -0.2) is 41.7 Å². The Bertz CT molecular complexity index is 375. The summed E-state index contributed by atoms with van der Waals surface area (Å²) in [4.78, 5) is 6.92. The topological polar surface area (TPSA) is 54.2 Å². The molecule has 1 aromatic heterocycles. The molecule has 0 spiro atoms. The van der Waals surface area contributed by atoms with Gasteiger partial charge in [-0.2, -0.15) is 4.98 Å². The van der Waals surface area contributed by atoms with E-state index in [1.807, 2.05) is 7.05 Å². The second kappa shape index (κ2) is 7.01. The molecule has 1 aliphatic heterocycles. The molecule has 2 heterocycles. The molecule has 5 nitrogen and oxygen atoms in total. The number of hydrogen-bond donors (Lipinski definition) is 1. The van der Waals surface area contributed by atoms with Gasteiger partial charge in [-0.3, -0.25) is 4.90 Å². The van der Waals surface area contributed by atoms with Gasteiger partial charge >= 0.3 is 0 Å². The minimum atomic E-state index is 0.559. The van der Waals surface area contributed by atoms with Crippen LogP contribution >= 0.6 is 0 Å². The molecule has 0 amide bonds. The minimum Gasteiger partial charge on any atom is -0.339 e. The summed E-state index contributed by atoms with van der Waals surface area (Å²) in [5, 5.41) is 7.36. The Morgan fingerprint density at radius 2 is 2.32 bits per heavy atom. The van der Waals surface area contributed by atoms with Crippen molar-refractivity contribution in [2.75, 3.05) is 26.7 Å². The fourth-order valence-corrected chi connectivity index (χ4v) is 2.74. The van der Waals surface area contributed by atoms with Gasteiger partial charge in [0.05, 0.1) is 6.54 Å². The summed E-state index contributed by atoms with van der Waals surface area (Å²) in [5.41, 5.74) is 0. The lowest BCUT2D eigenvalue weighted by molar-refractivity contribution is 0.162. The molecule has 5 heteroatoms. The van der Waals surface area contributed by atoms with Gasteiger partial charge < -0.3 is 9.84 Å². The summed E-state index contributed by atoms with van der Waals surface area (Å²) in [6.07, 6.45) is 3.46. The fraction of sp³-hybridized carbons (Fsp3) is 0.857. The van der Waals surface area contributed by atoms with E-state index < -0.39 is 0 Å². The fourth-order valence-electron chi connectivity index (χ4n) is 2.74. The summed E-state index contributed by atoms with van der Waals surface area (Å²) in [7, 11) is 2.02. The molecule has 0 bridgehead atoms. The lowest BCUT2D eigenvalue weighted by Gasteiger charge is -2.31. The Kier molecular flexibility index (Phi) is 5.34. The van der Waals surface area contributed by atoms with Crippen LogP contribution in [0.2, 0.25) is 0 Å². The number of rotatable bonds is 6. The quantitative estimate of drug-likeness (QED) is 0.849. The average molecular weight is 266 g/mol. The van der Waals surface area contributed by atoms with Crippen LogP contribution < -0.4 is 5.32 Å². The normalized spacial score (nSPS) is 21.2. The molecule has 19 heavy (non-hydrogen) atoms. The van der Waals surface area contributed by atoms with Gasteiger partial charge in [0.15, 0.2) is 5.82 Å². The summed E-state index contributed by atoms with van der Waals surface area (Å²) in [6.45, 7) is 8.53. The molecule has 0 saturated carbocycles. The Morgan fingerprint density at radius 3 is 3.05 bits per heavy atom. The first-order valence-corrected chi connectivity index (χ1v) is 7.35. The van der Waals surface area contributed by atoms with Crippen LogP contribution in [0.4, 0.5) is 0 Å². The van der Waals surface area contributed by atoms with E-state index in [1.165, 1.54) is 12.8 Å². The van der Waals surface area contributed by atoms with Crippen molar-refractivity contribution in [1.29, 1.82) is 0 Å². The number of nitrogens with zero attached hydrogens (tertiary/aromatic N) is 3. The predicted octanol–water partition coefficient (Wildman–Crippen LogP) is 1.70. The Balaban J connectivity index is 1.84. The third kappa shape index (κ3) is 4.58. The van der Waals surface area contributed by atoms with Crippen molar-refractivity contribution in [3.05, 3.63) is 11.7 Å². The molecule has 0 aromatic carbocycles. The van der Waals surface area contributed by atoms with Gasteiger partial charge in [-0.25, -0.2) is 0 Å². The van der Waals surface area contributed by atoms with Gasteiger partial charge in [0, 0.05) is 13.0 Å². The largest absolute Gasteiger partial charge is 0.339 e. The maximum absolute atomic E-state index is 5.29. The van der Waals surface area contributed by atoms with Crippen LogP contribution in [0.25, 0.3) is 0 Å². The smallest absolute Gasteiger partial charge is 0.226 e. The number of aromatic nitrogens is 2. The van der Waals surface area contributed by atoms with E-state index >= 15 is 0 Å².